The van der Waals surface area contributed by atoms with Gasteiger partial charge in [-0.1, -0.05) is 93.4 Å². The van der Waals surface area contributed by atoms with Gasteiger partial charge in [-0.3, -0.25) is 52.7 Å². The predicted molar refractivity (Wildman–Crippen MR) is 507 cm³/mol. The van der Waals surface area contributed by atoms with E-state index in [4.69, 9.17) is 85.8 Å². The number of phenolic OH excluding ortho intramolecular Hbond substituents is 4. The molecule has 0 aliphatic carbocycles. The SMILES string of the molecule is CC(=O)N[C@H]1[C@H](O[C@@H]2c3ccc(c(Cl)c3)Oc3cc4cc(c3O[C@@H]3O[C@H](COC(=O)CCCC(=O)NC(O)C=O)[C@@H](O)[C@H](O)[C@H]3NC(=O)CCCCCCCC(C)C)Oc3ccc(cc3Cl)C[C@H]3NC(=O)[C@H](N)c5ccc(O)c(c5)Oc5cc(O)cc(c5)[C@H](NC3=O)C(=O)N[C@H]4C(=O)N[C@H]3C(=O)N[C@@H]2C(=O)N[C@@H](C(=O)O)c2cc(O)cc(O[C@H]4O[C@H](CO)[C@@H](O)[C@H](O)[C@@H]4O)c2-c2cc3ccc2O)O[C@H](CO)[C@@H](O)[C@@H]1O.O=[PH+]O. The summed E-state index contributed by atoms with van der Waals surface area (Å²) in [5, 5.41) is 193. The molecule has 52 heteroatoms. The van der Waals surface area contributed by atoms with Crippen LogP contribution in [-0.2, 0) is 92.2 Å². The maximum absolute atomic E-state index is 17.2. The number of nitrogens with two attached hydrogens (primary N) is 1. The van der Waals surface area contributed by atoms with Crippen molar-refractivity contribution in [3.05, 3.63) is 164 Å². The van der Waals surface area contributed by atoms with E-state index in [-0.39, 0.29) is 47.4 Å². The van der Waals surface area contributed by atoms with Crippen LogP contribution in [0.15, 0.2) is 115 Å². The molecule has 0 aromatic heterocycles. The van der Waals surface area contributed by atoms with Crippen molar-refractivity contribution in [1.82, 2.24) is 47.9 Å². The number of hydrogen-bond acceptors (Lipinski definition) is 38. The van der Waals surface area contributed by atoms with Crippen LogP contribution in [0.4, 0.5) is 0 Å². The van der Waals surface area contributed by atoms with E-state index in [1.807, 2.05) is 5.32 Å². The van der Waals surface area contributed by atoms with E-state index in [1.54, 1.807) is 0 Å². The minimum absolute atomic E-state index is 0.000323. The first-order valence-electron chi connectivity index (χ1n) is 46.5. The number of ether oxygens (including phenoxy) is 10. The summed E-state index contributed by atoms with van der Waals surface area (Å²) in [5.41, 5.74) is 2.48. The fraction of sp³-hybridized carbons (Fsp3) is 0.438. The molecule has 2 unspecified atom stereocenters. The van der Waals surface area contributed by atoms with Crippen molar-refractivity contribution < 1.29 is 191 Å². The van der Waals surface area contributed by atoms with Crippen LogP contribution in [0.2, 0.25) is 10.0 Å². The lowest BCUT2D eigenvalue weighted by Gasteiger charge is -2.44. The van der Waals surface area contributed by atoms with Gasteiger partial charge in [0.25, 0.3) is 0 Å². The molecule has 49 nitrogen and oxygen atoms in total. The molecule has 9 aliphatic rings. The van der Waals surface area contributed by atoms with Crippen LogP contribution >= 0.6 is 31.9 Å². The average Bonchev–Trinajstić information content (AvgIpc) is 0.769. The number of aliphatic carboxylic acids is 1. The molecule has 3 saturated heterocycles. The number of nitrogens with one attached hydrogen (secondary N) is 9. The summed E-state index contributed by atoms with van der Waals surface area (Å²) >= 11 is 14.9. The second-order valence-electron chi connectivity index (χ2n) is 36.1. The number of carboxylic acid groups (broad SMARTS) is 1. The number of aliphatic hydroxyl groups is 10. The van der Waals surface area contributed by atoms with Gasteiger partial charge in [0.1, 0.15) is 162 Å². The number of unbranched alkanes of at least 4 members (excludes halogenated alkanes) is 4. The monoisotopic (exact) mass is 2130 g/mol. The van der Waals surface area contributed by atoms with Gasteiger partial charge < -0.3 is 178 Å². The Bertz CT molecular complexity index is 6110. The molecular formula is C96H110Cl2N10O39P+. The van der Waals surface area contributed by atoms with E-state index < -0.39 is 367 Å². The Morgan fingerprint density at radius 2 is 1.09 bits per heavy atom. The Labute approximate surface area is 851 Å². The molecule has 9 heterocycles. The minimum atomic E-state index is -2.64. The first kappa shape index (κ1) is 112. The molecule has 0 radical (unpaired) electrons. The van der Waals surface area contributed by atoms with Crippen molar-refractivity contribution in [2.75, 3.05) is 19.8 Å². The number of aldehydes is 1. The number of benzene rings is 7. The summed E-state index contributed by atoms with van der Waals surface area (Å²) < 4.78 is 72.1. The maximum atomic E-state index is 17.2. The summed E-state index contributed by atoms with van der Waals surface area (Å²) in [6.45, 7) is 1.98. The number of aromatic hydroxyl groups is 4. The van der Waals surface area contributed by atoms with Gasteiger partial charge in [0.05, 0.1) is 23.3 Å². The van der Waals surface area contributed by atoms with E-state index in [9.17, 15) is 110 Å². The third-order valence-electron chi connectivity index (χ3n) is 25.1. The Kier molecular flexibility index (Phi) is 37.5. The lowest BCUT2D eigenvalue weighted by Crippen LogP contribution is -2.65. The molecule has 3 fully saturated rings. The van der Waals surface area contributed by atoms with Crippen molar-refractivity contribution in [3.8, 4) is 80.1 Å². The standard InChI is InChI=1S/C96H108Cl2N10O37.HO2P/c1-38(2)10-7-5-4-6-8-11-66(118)103-76-82(125)80(123)64(37-136-68(120)13-9-12-65(117)102-67(119)36-111)143-95(76)145-86-60-29-45-30-61(86)139-57-21-17-43(27-52(57)98)85(144-94-75(100-39(3)112)81(124)78(121)62(34-109)141-94)77-92(133)107-74(93(134)135)50-32-47(114)33-59(140-96-84(127)83(126)79(122)63(35-110)142-96)69(50)49-26-42(16-18-54(49)115)71(89(130)108-77)105-91(132)73(45)106-90(131)72-44-24-46(113)31-48(25-44)137-58-28-41(15-19-55(58)116)70(99)88(129)101-53(87(128)104-72)23-40-14-20-56(138-60)51(97)22-40;1-3-2/h14-22,24-33,36,38,53,62-64,67,70-85,94-96,109-110,113-116,119,121-127H,4-13,23,34-35,37,99H2,1-3H3,(H,100,112)(H,101,129)(H,102,117)(H,103,118)(H,104,128)(H,105,132)(H,106,131)(H,107,133)(H,108,130)(H,134,135);3H/p+1/t53-,62-,63-,64-,67?,70-,71-,72+,73-,74-,75-,76-,77+,78-,79-,80-,81-,82-,83+,84+,85-,94+,95+,96+;/m1./s1. The smallest absolute Gasteiger partial charge is 0.491 e. The molecule has 0 spiro atoms. The van der Waals surface area contributed by atoms with Gasteiger partial charge in [0.15, 0.2) is 47.8 Å². The topological polar surface area (TPSA) is 772 Å². The zero-order valence-corrected chi connectivity index (χ0v) is 81.3. The van der Waals surface area contributed by atoms with Gasteiger partial charge in [-0.05, 0) is 136 Å². The zero-order valence-electron chi connectivity index (χ0n) is 78.8. The number of rotatable bonds is 27. The Hall–Kier alpha value is -13.4. The second-order valence-corrected chi connectivity index (χ2v) is 37.1. The molecule has 7 aromatic carbocycles. The van der Waals surface area contributed by atoms with Crippen LogP contribution in [0.5, 0.6) is 69.0 Å². The average molecular weight is 2130 g/mol. The third kappa shape index (κ3) is 26.6. The fourth-order valence-electron chi connectivity index (χ4n) is 17.5. The van der Waals surface area contributed by atoms with Gasteiger partial charge >= 0.3 is 20.6 Å². The normalized spacial score (nSPS) is 27.1. The third-order valence-corrected chi connectivity index (χ3v) is 25.7. The number of aliphatic hydroxyl groups excluding tert-OH is 10. The Morgan fingerprint density at radius 1 is 0.534 bits per heavy atom. The molecule has 148 heavy (non-hydrogen) atoms. The van der Waals surface area contributed by atoms with Crippen LogP contribution in [-0.4, -0.2) is 283 Å². The van der Waals surface area contributed by atoms with E-state index in [1.165, 1.54) is 30.3 Å². The molecule has 17 bridgehead atoms. The first-order valence-corrected chi connectivity index (χ1v) is 48.2. The number of carbonyl (C=O) groups excluding carboxylic acids is 11. The van der Waals surface area contributed by atoms with Gasteiger partial charge in [0, 0.05) is 61.4 Å². The lowest BCUT2D eigenvalue weighted by atomic mass is 9.89. The molecule has 25 atom stereocenters. The summed E-state index contributed by atoms with van der Waals surface area (Å²) in [7, 11) is -1.17. The Morgan fingerprint density at radius 3 is 1.74 bits per heavy atom. The predicted octanol–water partition coefficient (Wildman–Crippen LogP) is 0.682. The molecule has 796 valence electrons. The van der Waals surface area contributed by atoms with Crippen LogP contribution in [0.25, 0.3) is 11.1 Å². The van der Waals surface area contributed by atoms with Gasteiger partial charge in [0.2, 0.25) is 71.5 Å². The molecule has 7 aromatic rings. The van der Waals surface area contributed by atoms with Crippen molar-refractivity contribution >= 4 is 103 Å². The molecular weight excluding hydrogens is 2020 g/mol. The van der Waals surface area contributed by atoms with Crippen LogP contribution in [0, 0.1) is 5.92 Å². The van der Waals surface area contributed by atoms with E-state index >= 15 is 24.0 Å². The molecule has 0 saturated carbocycles. The van der Waals surface area contributed by atoms with Crippen molar-refractivity contribution in [1.29, 1.82) is 0 Å². The highest BCUT2D eigenvalue weighted by molar-refractivity contribution is 7.16. The number of carbonyl (C=O) groups is 12. The largest absolute Gasteiger partial charge is 0.508 e. The van der Waals surface area contributed by atoms with Crippen molar-refractivity contribution in [2.24, 2.45) is 11.7 Å². The van der Waals surface area contributed by atoms with Crippen LogP contribution in [0.3, 0.4) is 0 Å². The summed E-state index contributed by atoms with van der Waals surface area (Å²) in [6, 6.07) is -0.382. The van der Waals surface area contributed by atoms with Crippen molar-refractivity contribution in [2.45, 2.75) is 238 Å². The number of halogens is 2. The summed E-state index contributed by atoms with van der Waals surface area (Å²) in [6.07, 6.45) is -29.3. The van der Waals surface area contributed by atoms with Gasteiger partial charge in [-0.15, -0.1) is 0 Å². The van der Waals surface area contributed by atoms with E-state index in [0.29, 0.717) is 18.8 Å². The lowest BCUT2D eigenvalue weighted by molar-refractivity contribution is -0.284. The number of fused-ring (bicyclic) bond motifs is 14. The molecule has 27 N–H and O–H groups in total. The second kappa shape index (κ2) is 49.6. The van der Waals surface area contributed by atoms with Gasteiger partial charge in [-0.25, -0.2) is 4.79 Å². The first-order chi connectivity index (χ1) is 70.5. The summed E-state index contributed by atoms with van der Waals surface area (Å²) in [4.78, 5) is 184. The highest BCUT2D eigenvalue weighted by Crippen LogP contribution is 2.51. The number of esters is 1. The highest BCUT2D eigenvalue weighted by Gasteiger charge is 2.53. The quantitative estimate of drug-likeness (QED) is 0.0111. The molecule has 16 rings (SSSR count). The molecule has 9 amide bonds. The Balaban J connectivity index is 0.00000602. The van der Waals surface area contributed by atoms with E-state index in [2.05, 4.69) is 56.4 Å². The zero-order chi connectivity index (χ0) is 107. The maximum Gasteiger partial charge on any atom is 0.491 e. The summed E-state index contributed by atoms with van der Waals surface area (Å²) in [5.74, 6) is -21.9. The highest BCUT2D eigenvalue weighted by atomic mass is 35.5. The van der Waals surface area contributed by atoms with E-state index in [0.717, 1.165) is 111 Å². The van der Waals surface area contributed by atoms with Crippen LogP contribution < -0.4 is 77.3 Å². The van der Waals surface area contributed by atoms with Crippen LogP contribution in [0.1, 0.15) is 160 Å². The molecule has 9 aliphatic heterocycles. The number of amides is 9. The van der Waals surface area contributed by atoms with Gasteiger partial charge in [-0.2, -0.15) is 4.89 Å². The fourth-order valence-corrected chi connectivity index (χ4v) is 18.0. The van der Waals surface area contributed by atoms with Crippen molar-refractivity contribution in [3.63, 3.8) is 0 Å². The number of phenols is 4. The minimum Gasteiger partial charge on any atom is -0.508 e. The number of carboxylic acids is 1. The number of hydrogen-bond donors (Lipinski definition) is 26.